The van der Waals surface area contributed by atoms with Crippen molar-refractivity contribution in [1.29, 1.82) is 0 Å². The van der Waals surface area contributed by atoms with Crippen LogP contribution < -0.4 is 38.1 Å². The molecule has 6 atom stereocenters. The number of carbonyl (C=O) groups excluding carboxylic acids is 6. The highest BCUT2D eigenvalue weighted by Crippen LogP contribution is 2.11. The first-order chi connectivity index (χ1) is 24.0. The van der Waals surface area contributed by atoms with Gasteiger partial charge in [-0.25, -0.2) is 4.79 Å². The van der Waals surface area contributed by atoms with E-state index in [1.54, 1.807) is 74.5 Å². The summed E-state index contributed by atoms with van der Waals surface area (Å²) in [6, 6.07) is 10.5. The molecule has 51 heavy (non-hydrogen) atoms. The Morgan fingerprint density at radius 2 is 1.08 bits per heavy atom. The minimum absolute atomic E-state index is 0.0186. The van der Waals surface area contributed by atoms with Crippen molar-refractivity contribution in [3.05, 3.63) is 71.8 Å². The molecule has 0 aromatic heterocycles. The lowest BCUT2D eigenvalue weighted by Gasteiger charge is -2.28. The van der Waals surface area contributed by atoms with Crippen LogP contribution in [0.3, 0.4) is 0 Å². The predicted molar refractivity (Wildman–Crippen MR) is 189 cm³/mol. The van der Waals surface area contributed by atoms with Gasteiger partial charge in [0.2, 0.25) is 35.4 Å². The van der Waals surface area contributed by atoms with E-state index < -0.39 is 90.0 Å². The number of primary amides is 1. The summed E-state index contributed by atoms with van der Waals surface area (Å²) in [4.78, 5) is 89.5. The summed E-state index contributed by atoms with van der Waals surface area (Å²) in [6.45, 7) is 8.43. The van der Waals surface area contributed by atoms with Crippen LogP contribution in [0.5, 0.6) is 0 Å². The van der Waals surface area contributed by atoms with Crippen molar-refractivity contribution in [3.63, 3.8) is 0 Å². The number of aliphatic carboxylic acids is 1. The van der Waals surface area contributed by atoms with E-state index in [0.717, 1.165) is 0 Å². The smallest absolute Gasteiger partial charge is 0.326 e. The second-order valence-corrected chi connectivity index (χ2v) is 13.3. The number of carboxylic acid groups (broad SMARTS) is 1. The molecule has 0 unspecified atom stereocenters. The Hall–Kier alpha value is -5.31. The Morgan fingerprint density at radius 1 is 0.608 bits per heavy atom. The maximum absolute atomic E-state index is 13.8. The number of carboxylic acids is 1. The minimum atomic E-state index is -1.28. The molecule has 0 aliphatic carbocycles. The van der Waals surface area contributed by atoms with Crippen LogP contribution in [0.25, 0.3) is 0 Å². The first kappa shape index (κ1) is 41.9. The third kappa shape index (κ3) is 14.6. The van der Waals surface area contributed by atoms with Gasteiger partial charge in [0.05, 0.1) is 12.5 Å². The Morgan fingerprint density at radius 3 is 1.55 bits per heavy atom. The molecule has 0 aliphatic heterocycles. The second-order valence-electron chi connectivity index (χ2n) is 13.3. The molecular formula is C36H51N7O8. The van der Waals surface area contributed by atoms with Gasteiger partial charge in [-0.05, 0) is 36.3 Å². The zero-order valence-electron chi connectivity index (χ0n) is 29.7. The SMILES string of the molecule is CC(C)C[C@H](NC(=O)[C@@H](NC(=O)[C@H](C)NC(=O)[C@@H](N)CC(N)=O)C(C)C)C(=O)N[C@@H](Cc1ccccc1)C(=O)N[C@@H](Cc1ccccc1)C(=O)O. The van der Waals surface area contributed by atoms with Gasteiger partial charge in [-0.3, -0.25) is 28.8 Å². The van der Waals surface area contributed by atoms with Gasteiger partial charge in [0.15, 0.2) is 0 Å². The van der Waals surface area contributed by atoms with Gasteiger partial charge in [-0.15, -0.1) is 0 Å². The molecule has 10 N–H and O–H groups in total. The summed E-state index contributed by atoms with van der Waals surface area (Å²) >= 11 is 0. The first-order valence-electron chi connectivity index (χ1n) is 16.8. The number of amides is 6. The van der Waals surface area contributed by atoms with Gasteiger partial charge < -0.3 is 43.2 Å². The molecule has 6 amide bonds. The van der Waals surface area contributed by atoms with E-state index in [9.17, 15) is 38.7 Å². The monoisotopic (exact) mass is 709 g/mol. The van der Waals surface area contributed by atoms with Gasteiger partial charge >= 0.3 is 5.97 Å². The molecule has 2 rings (SSSR count). The fourth-order valence-electron chi connectivity index (χ4n) is 5.13. The molecule has 2 aromatic carbocycles. The normalized spacial score (nSPS) is 14.6. The molecule has 0 fully saturated rings. The predicted octanol–water partition coefficient (Wildman–Crippen LogP) is -0.0949. The van der Waals surface area contributed by atoms with E-state index in [1.165, 1.54) is 6.92 Å². The summed E-state index contributed by atoms with van der Waals surface area (Å²) < 4.78 is 0. The average molecular weight is 710 g/mol. The van der Waals surface area contributed by atoms with Gasteiger partial charge in [-0.1, -0.05) is 88.4 Å². The van der Waals surface area contributed by atoms with E-state index in [1.807, 2.05) is 13.8 Å². The van der Waals surface area contributed by atoms with Crippen LogP contribution in [-0.2, 0) is 46.4 Å². The highest BCUT2D eigenvalue weighted by Gasteiger charge is 2.33. The summed E-state index contributed by atoms with van der Waals surface area (Å²) in [5.74, 6) is -6.14. The zero-order valence-corrected chi connectivity index (χ0v) is 29.7. The third-order valence-electron chi connectivity index (χ3n) is 7.91. The van der Waals surface area contributed by atoms with Crippen LogP contribution >= 0.6 is 0 Å². The molecule has 0 saturated carbocycles. The minimum Gasteiger partial charge on any atom is -0.480 e. The summed E-state index contributed by atoms with van der Waals surface area (Å²) in [7, 11) is 0. The van der Waals surface area contributed by atoms with Crippen molar-refractivity contribution in [2.45, 2.75) is 96.6 Å². The summed E-state index contributed by atoms with van der Waals surface area (Å²) in [6.07, 6.45) is -0.190. The number of nitrogens with two attached hydrogens (primary N) is 2. The van der Waals surface area contributed by atoms with Crippen molar-refractivity contribution >= 4 is 41.4 Å². The largest absolute Gasteiger partial charge is 0.480 e. The van der Waals surface area contributed by atoms with E-state index in [0.29, 0.717) is 11.1 Å². The number of hydrogen-bond acceptors (Lipinski definition) is 8. The lowest BCUT2D eigenvalue weighted by molar-refractivity contribution is -0.142. The molecule has 15 nitrogen and oxygen atoms in total. The Bertz CT molecular complexity index is 1500. The Kier molecular flexibility index (Phi) is 16.7. The highest BCUT2D eigenvalue weighted by atomic mass is 16.4. The molecule has 0 aliphatic rings. The van der Waals surface area contributed by atoms with Gasteiger partial charge in [0.1, 0.15) is 30.2 Å². The van der Waals surface area contributed by atoms with Crippen LogP contribution in [0.4, 0.5) is 0 Å². The Balaban J connectivity index is 2.25. The van der Waals surface area contributed by atoms with Crippen LogP contribution in [0, 0.1) is 11.8 Å². The van der Waals surface area contributed by atoms with E-state index in [4.69, 9.17) is 11.5 Å². The first-order valence-corrected chi connectivity index (χ1v) is 16.8. The highest BCUT2D eigenvalue weighted by molar-refractivity contribution is 5.96. The van der Waals surface area contributed by atoms with Crippen molar-refractivity contribution < 1.29 is 38.7 Å². The number of rotatable bonds is 20. The average Bonchev–Trinajstić information content (AvgIpc) is 3.06. The standard InChI is InChI=1S/C36H51N7O8/c1-20(2)16-26(41-35(49)30(21(3)4)43-31(45)22(5)39-32(46)25(37)19-29(38)44)33(47)40-27(17-23-12-8-6-9-13-23)34(48)42-28(36(50)51)18-24-14-10-7-11-15-24/h6-15,20-22,25-28,30H,16-19,37H2,1-5H3,(H2,38,44)(H,39,46)(H,40,47)(H,41,49)(H,42,48)(H,43,45)(H,50,51)/t22-,25-,26-,27-,28-,30-/m0/s1. The van der Waals surface area contributed by atoms with E-state index in [2.05, 4.69) is 26.6 Å². The summed E-state index contributed by atoms with van der Waals surface area (Å²) in [5, 5.41) is 22.9. The maximum Gasteiger partial charge on any atom is 0.326 e. The molecule has 0 saturated heterocycles. The van der Waals surface area contributed by atoms with Crippen LogP contribution in [0.15, 0.2) is 60.7 Å². The summed E-state index contributed by atoms with van der Waals surface area (Å²) in [5.41, 5.74) is 12.1. The molecule has 2 aromatic rings. The number of carbonyl (C=O) groups is 7. The maximum atomic E-state index is 13.8. The topological polar surface area (TPSA) is 252 Å². The van der Waals surface area contributed by atoms with Crippen LogP contribution in [0.2, 0.25) is 0 Å². The van der Waals surface area contributed by atoms with E-state index in [-0.39, 0.29) is 25.2 Å². The quantitative estimate of drug-likeness (QED) is 0.0913. The number of nitrogens with one attached hydrogen (secondary N) is 5. The fraction of sp³-hybridized carbons (Fsp3) is 0.472. The van der Waals surface area contributed by atoms with Gasteiger partial charge in [-0.2, -0.15) is 0 Å². The van der Waals surface area contributed by atoms with Crippen molar-refractivity contribution in [2.75, 3.05) is 0 Å². The zero-order chi connectivity index (χ0) is 38.2. The molecular weight excluding hydrogens is 658 g/mol. The molecule has 0 bridgehead atoms. The van der Waals surface area contributed by atoms with Crippen molar-refractivity contribution in [2.24, 2.45) is 23.3 Å². The van der Waals surface area contributed by atoms with Crippen LogP contribution in [-0.4, -0.2) is 82.8 Å². The van der Waals surface area contributed by atoms with Crippen molar-refractivity contribution in [1.82, 2.24) is 26.6 Å². The lowest BCUT2D eigenvalue weighted by Crippen LogP contribution is -2.60. The fourth-order valence-corrected chi connectivity index (χ4v) is 5.13. The third-order valence-corrected chi connectivity index (χ3v) is 7.91. The molecule has 0 radical (unpaired) electrons. The van der Waals surface area contributed by atoms with Crippen LogP contribution in [0.1, 0.15) is 58.6 Å². The molecule has 15 heteroatoms. The molecule has 278 valence electrons. The number of hydrogen-bond donors (Lipinski definition) is 8. The number of benzene rings is 2. The van der Waals surface area contributed by atoms with Gasteiger partial charge in [0.25, 0.3) is 0 Å². The lowest BCUT2D eigenvalue weighted by atomic mass is 9.98. The van der Waals surface area contributed by atoms with Crippen molar-refractivity contribution in [3.8, 4) is 0 Å². The van der Waals surface area contributed by atoms with E-state index >= 15 is 0 Å². The molecule has 0 spiro atoms. The molecule has 0 heterocycles. The van der Waals surface area contributed by atoms with Gasteiger partial charge in [0, 0.05) is 12.8 Å². The second kappa shape index (κ2) is 20.4. The Labute approximate surface area is 298 Å².